The van der Waals surface area contributed by atoms with Gasteiger partial charge in [0.05, 0.1) is 0 Å². The monoisotopic (exact) mass is 875 g/mol. The Kier molecular flexibility index (Phi) is 8.77. The van der Waals surface area contributed by atoms with Crippen molar-refractivity contribution >= 4 is 83.9 Å². The van der Waals surface area contributed by atoms with Gasteiger partial charge in [-0.15, -0.1) is 0 Å². The molecule has 58 heavy (non-hydrogen) atoms. The number of hydrogen-bond donors (Lipinski definition) is 2. The Bertz CT molecular complexity index is 2360. The molecule has 10 heteroatoms. The second kappa shape index (κ2) is 14.1. The third-order valence-corrected chi connectivity index (χ3v) is 26.0. The molecule has 1 atom stereocenters. The van der Waals surface area contributed by atoms with Crippen molar-refractivity contribution in [2.24, 2.45) is 0 Å². The molecule has 1 unspecified atom stereocenters. The van der Waals surface area contributed by atoms with Crippen LogP contribution in [0.5, 0.6) is 23.0 Å². The number of ether oxygens (including phenoxy) is 4. The fourth-order valence-corrected chi connectivity index (χ4v) is 25.6. The van der Waals surface area contributed by atoms with Crippen LogP contribution in [0.2, 0.25) is 0 Å². The molecule has 9 nitrogen and oxygen atoms in total. The Morgan fingerprint density at radius 3 is 1.09 bits per heavy atom. The molecule has 0 saturated heterocycles. The van der Waals surface area contributed by atoms with Gasteiger partial charge in [-0.2, -0.15) is 0 Å². The zero-order valence-corrected chi connectivity index (χ0v) is 35.4. The number of anilines is 9. The van der Waals surface area contributed by atoms with Crippen LogP contribution in [-0.2, 0) is 13.2 Å². The predicted octanol–water partition coefficient (Wildman–Crippen LogP) is 7.43. The summed E-state index contributed by atoms with van der Waals surface area (Å²) in [7, 11) is 6.80. The van der Waals surface area contributed by atoms with Gasteiger partial charge in [0.2, 0.25) is 0 Å². The third-order valence-electron chi connectivity index (χ3n) is 11.8. The van der Waals surface area contributed by atoms with E-state index < -0.39 is 18.4 Å². The van der Waals surface area contributed by atoms with Crippen molar-refractivity contribution in [3.8, 4) is 23.0 Å². The molecule has 0 aromatic heterocycles. The molecule has 7 aromatic carbocycles. The number of hydrogen-bond acceptors (Lipinski definition) is 9. The van der Waals surface area contributed by atoms with E-state index in [1.165, 1.54) is 14.3 Å². The molecule has 0 bridgehead atoms. The van der Waals surface area contributed by atoms with Crippen LogP contribution in [0.3, 0.4) is 0 Å². The predicted molar refractivity (Wildman–Crippen MR) is 233 cm³/mol. The first-order valence-electron chi connectivity index (χ1n) is 19.1. The number of methoxy groups -OCH3 is 4. The number of aliphatic hydroxyl groups is 2. The van der Waals surface area contributed by atoms with Gasteiger partial charge in [0.1, 0.15) is 0 Å². The Morgan fingerprint density at radius 2 is 0.741 bits per heavy atom. The van der Waals surface area contributed by atoms with Gasteiger partial charge in [0.25, 0.3) is 0 Å². The maximum absolute atomic E-state index is 11.1. The Hall–Kier alpha value is -6.14. The summed E-state index contributed by atoms with van der Waals surface area (Å²) >= 11 is -4.57. The molecule has 7 aromatic rings. The molecular formula is C48H41N3O6Sn. The Balaban J connectivity index is 1.45. The van der Waals surface area contributed by atoms with E-state index in [1.54, 1.807) is 28.4 Å². The topological polar surface area (TPSA) is 87.1 Å². The quantitative estimate of drug-likeness (QED) is 0.136. The van der Waals surface area contributed by atoms with Gasteiger partial charge in [-0.3, -0.25) is 0 Å². The summed E-state index contributed by atoms with van der Waals surface area (Å²) in [6, 6.07) is 48.6. The molecule has 0 fully saturated rings. The van der Waals surface area contributed by atoms with Gasteiger partial charge in [-0.05, 0) is 0 Å². The van der Waals surface area contributed by atoms with Gasteiger partial charge in [-0.25, -0.2) is 0 Å². The molecule has 0 radical (unpaired) electrons. The van der Waals surface area contributed by atoms with Gasteiger partial charge in [0, 0.05) is 0 Å². The second-order valence-electron chi connectivity index (χ2n) is 14.6. The number of aliphatic hydroxyl groups excluding tert-OH is 2. The maximum atomic E-state index is 11.1. The fourth-order valence-electron chi connectivity index (χ4n) is 9.31. The summed E-state index contributed by atoms with van der Waals surface area (Å²) in [5.74, 6) is 2.95. The first-order valence-corrected chi connectivity index (χ1v) is 24.8. The number of rotatable bonds is 10. The molecule has 0 aliphatic carbocycles. The summed E-state index contributed by atoms with van der Waals surface area (Å²) in [5.41, 5.74) is 10.6. The van der Waals surface area contributed by atoms with E-state index in [1.807, 2.05) is 36.4 Å². The average molecular weight is 875 g/mol. The van der Waals surface area contributed by atoms with Gasteiger partial charge < -0.3 is 0 Å². The third kappa shape index (κ3) is 5.16. The molecule has 3 aliphatic heterocycles. The van der Waals surface area contributed by atoms with Gasteiger partial charge >= 0.3 is 343 Å². The second-order valence-corrected chi connectivity index (χ2v) is 24.8. The van der Waals surface area contributed by atoms with Crippen LogP contribution in [0.15, 0.2) is 140 Å². The van der Waals surface area contributed by atoms with E-state index in [9.17, 15) is 10.2 Å². The number of benzene rings is 7. The van der Waals surface area contributed by atoms with Crippen molar-refractivity contribution in [3.05, 3.63) is 151 Å². The summed E-state index contributed by atoms with van der Waals surface area (Å²) in [5, 5.41) is 21.2. The zero-order chi connectivity index (χ0) is 39.7. The van der Waals surface area contributed by atoms with Crippen LogP contribution in [0.25, 0.3) is 0 Å². The molecule has 2 N–H and O–H groups in total. The van der Waals surface area contributed by atoms with E-state index in [0.29, 0.717) is 5.75 Å². The molecule has 10 rings (SSSR count). The van der Waals surface area contributed by atoms with Crippen molar-refractivity contribution in [2.45, 2.75) is 13.2 Å². The van der Waals surface area contributed by atoms with E-state index in [2.05, 4.69) is 118 Å². The molecule has 3 aliphatic rings. The zero-order valence-electron chi connectivity index (χ0n) is 32.6. The molecule has 0 spiro atoms. The van der Waals surface area contributed by atoms with Gasteiger partial charge in [-0.1, -0.05) is 0 Å². The normalized spacial score (nSPS) is 15.5. The first kappa shape index (κ1) is 36.2. The van der Waals surface area contributed by atoms with E-state index in [0.717, 1.165) is 79.6 Å². The molecule has 0 saturated carbocycles. The first-order chi connectivity index (χ1) is 28.5. The summed E-state index contributed by atoms with van der Waals surface area (Å²) in [4.78, 5) is 7.03. The van der Waals surface area contributed by atoms with Crippen LogP contribution in [-0.4, -0.2) is 57.0 Å². The van der Waals surface area contributed by atoms with Crippen molar-refractivity contribution in [3.63, 3.8) is 0 Å². The van der Waals surface area contributed by atoms with Crippen LogP contribution < -0.4 is 48.0 Å². The minimum atomic E-state index is -4.57. The van der Waals surface area contributed by atoms with E-state index in [4.69, 9.17) is 18.9 Å². The van der Waals surface area contributed by atoms with E-state index in [-0.39, 0.29) is 13.2 Å². The SMILES string of the molecule is COc1ccc(N2c3cc(CO)cc4[c]3[Sn]3([c]5ccccc5)[c]5c(cc(OC)cc5N(c5ccc(OC)cc5)c5cc(OC)cc2[c]53)N4c2ccc(CO)cc2)cc1. The van der Waals surface area contributed by atoms with Crippen LogP contribution in [0.1, 0.15) is 11.1 Å². The molecular weight excluding hydrogens is 833 g/mol. The standard InChI is InChI=1S/C42H36N3O6.C6H5.Sn/c1-48-39-13-9-31(10-14-39)44-34-18-29(27-47)17-33(19-34)43(30-7-5-28(26-46)6-8-30)35-20-37(24-41(22-35)50-3)45(32-11-15-40(49-2)16-12-32)38-21-36(44)23-42(25-38)51-4;1-2-4-6-5-3-1;/h5-18,22-25,46-47H,26-27H2,1-4H3;1-5H;. The summed E-state index contributed by atoms with van der Waals surface area (Å²) in [6.45, 7) is -0.214. The molecule has 3 heterocycles. The van der Waals surface area contributed by atoms with Crippen molar-refractivity contribution < 1.29 is 29.2 Å². The fraction of sp³-hybridized carbons (Fsp3) is 0.125. The van der Waals surface area contributed by atoms with Gasteiger partial charge in [0.15, 0.2) is 0 Å². The average Bonchev–Trinajstić information content (AvgIpc) is 3.29. The van der Waals surface area contributed by atoms with Crippen molar-refractivity contribution in [1.29, 1.82) is 0 Å². The van der Waals surface area contributed by atoms with E-state index >= 15 is 0 Å². The minimum absolute atomic E-state index is 0.0610. The van der Waals surface area contributed by atoms with Crippen LogP contribution in [0.4, 0.5) is 51.2 Å². The summed E-state index contributed by atoms with van der Waals surface area (Å²) in [6.07, 6.45) is 0. The Morgan fingerprint density at radius 1 is 0.397 bits per heavy atom. The molecule has 0 amide bonds. The molecule has 288 valence electrons. The van der Waals surface area contributed by atoms with Crippen LogP contribution >= 0.6 is 0 Å². The number of nitrogens with zero attached hydrogens (tertiary/aromatic N) is 3. The van der Waals surface area contributed by atoms with Crippen molar-refractivity contribution in [2.75, 3.05) is 43.1 Å². The van der Waals surface area contributed by atoms with Crippen LogP contribution in [0, 0.1) is 0 Å². The van der Waals surface area contributed by atoms with Crippen molar-refractivity contribution in [1.82, 2.24) is 0 Å². The Labute approximate surface area is 341 Å². The summed E-state index contributed by atoms with van der Waals surface area (Å²) < 4.78 is 28.8.